The van der Waals surface area contributed by atoms with Crippen LogP contribution in [0, 0.1) is 5.92 Å². The molecule has 0 saturated carbocycles. The maximum Gasteiger partial charge on any atom is 0.411 e. The fraction of sp³-hybridized carbons (Fsp3) is 0.583. The van der Waals surface area contributed by atoms with Crippen molar-refractivity contribution in [1.29, 1.82) is 0 Å². The lowest BCUT2D eigenvalue weighted by molar-refractivity contribution is -0.157. The molecule has 0 aromatic heterocycles. The average Bonchev–Trinajstić information content (AvgIpc) is 3.33. The molecule has 5 rings (SSSR count). The normalized spacial score (nSPS) is 19.5. The Morgan fingerprint density at radius 3 is 1.89 bits per heavy atom. The lowest BCUT2D eigenvalue weighted by atomic mass is 9.76. The summed E-state index contributed by atoms with van der Waals surface area (Å²) in [5.74, 6) is -1.53. The number of benzene rings is 2. The number of rotatable bonds is 7. The van der Waals surface area contributed by atoms with E-state index in [9.17, 15) is 19.5 Å². The molecule has 9 heteroatoms. The van der Waals surface area contributed by atoms with Gasteiger partial charge in [-0.15, -0.1) is 0 Å². The van der Waals surface area contributed by atoms with Crippen molar-refractivity contribution in [2.75, 3.05) is 32.8 Å². The van der Waals surface area contributed by atoms with Crippen molar-refractivity contribution in [1.82, 2.24) is 14.7 Å². The molecule has 3 aliphatic rings. The Labute approximate surface area is 267 Å². The molecule has 2 saturated heterocycles. The van der Waals surface area contributed by atoms with E-state index in [0.717, 1.165) is 35.3 Å². The first-order chi connectivity index (χ1) is 21.3. The van der Waals surface area contributed by atoms with Crippen LogP contribution in [-0.4, -0.2) is 94.0 Å². The third-order valence-corrected chi connectivity index (χ3v) is 10.0. The van der Waals surface area contributed by atoms with E-state index < -0.39 is 29.3 Å². The predicted octanol–water partition coefficient (Wildman–Crippen LogP) is 6.60. The Morgan fingerprint density at radius 1 is 0.867 bits per heavy atom. The smallest absolute Gasteiger partial charge is 0.411 e. The number of hydrogen-bond acceptors (Lipinski definition) is 6. The van der Waals surface area contributed by atoms with Crippen LogP contribution in [0.15, 0.2) is 48.5 Å². The first-order valence-electron chi connectivity index (χ1n) is 16.4. The molecule has 0 radical (unpaired) electrons. The van der Waals surface area contributed by atoms with E-state index >= 15 is 0 Å². The fourth-order valence-corrected chi connectivity index (χ4v) is 7.47. The van der Waals surface area contributed by atoms with Crippen molar-refractivity contribution < 1.29 is 29.0 Å². The average molecular weight is 620 g/mol. The third-order valence-electron chi connectivity index (χ3n) is 10.0. The van der Waals surface area contributed by atoms with Crippen LogP contribution >= 0.6 is 0 Å². The largest absolute Gasteiger partial charge is 0.479 e. The Balaban J connectivity index is 1.39. The summed E-state index contributed by atoms with van der Waals surface area (Å²) >= 11 is 0. The van der Waals surface area contributed by atoms with Gasteiger partial charge in [0.15, 0.2) is 0 Å². The molecule has 1 unspecified atom stereocenters. The molecular formula is C36H49N3O6. The number of piperidine rings is 2. The van der Waals surface area contributed by atoms with Gasteiger partial charge >= 0.3 is 18.2 Å². The summed E-state index contributed by atoms with van der Waals surface area (Å²) in [4.78, 5) is 45.9. The Bertz CT molecular complexity index is 1340. The summed E-state index contributed by atoms with van der Waals surface area (Å²) in [6.45, 7) is 13.9. The number of carboxylic acid groups (broad SMARTS) is 1. The molecule has 2 aliphatic heterocycles. The Kier molecular flexibility index (Phi) is 9.49. The lowest BCUT2D eigenvalue weighted by Gasteiger charge is -2.50. The number of aliphatic carboxylic acids is 1. The minimum atomic E-state index is -1.51. The van der Waals surface area contributed by atoms with E-state index in [0.29, 0.717) is 44.8 Å². The van der Waals surface area contributed by atoms with Gasteiger partial charge in [0.1, 0.15) is 17.7 Å². The second kappa shape index (κ2) is 13.0. The highest BCUT2D eigenvalue weighted by molar-refractivity contribution is 5.85. The highest BCUT2D eigenvalue weighted by atomic mass is 16.6. The maximum absolute atomic E-state index is 14.3. The number of likely N-dealkylation sites (tertiary alicyclic amines) is 2. The molecule has 2 fully saturated rings. The number of ether oxygens (including phenoxy) is 2. The van der Waals surface area contributed by atoms with Crippen molar-refractivity contribution >= 4 is 18.2 Å². The number of hydrogen-bond donors (Lipinski definition) is 1. The molecule has 1 atom stereocenters. The van der Waals surface area contributed by atoms with Crippen LogP contribution < -0.4 is 0 Å². The standard InChI is InChI=1S/C36H49N3O6/c1-24(2)37-21-17-26(18-22-37)39(36(6,32(40)41)25-15-19-38(20-16-25)33(42)45-35(3,4)5)34(43)44-23-31-29-13-9-7-11-27(29)28-12-8-10-14-30(28)31/h7-14,24-26,31H,15-23H2,1-6H3,(H,40,41). The molecule has 9 nitrogen and oxygen atoms in total. The van der Waals surface area contributed by atoms with Crippen LogP contribution in [0.25, 0.3) is 11.1 Å². The zero-order valence-corrected chi connectivity index (χ0v) is 27.6. The maximum atomic E-state index is 14.3. The molecule has 1 aliphatic carbocycles. The summed E-state index contributed by atoms with van der Waals surface area (Å²) in [6.07, 6.45) is 1.25. The third kappa shape index (κ3) is 6.69. The number of nitrogens with zero attached hydrogens (tertiary/aromatic N) is 3. The highest BCUT2D eigenvalue weighted by Crippen LogP contribution is 2.45. The summed E-state index contributed by atoms with van der Waals surface area (Å²) < 4.78 is 11.7. The van der Waals surface area contributed by atoms with Gasteiger partial charge in [0.05, 0.1) is 0 Å². The predicted molar refractivity (Wildman–Crippen MR) is 173 cm³/mol. The molecule has 2 aromatic rings. The first kappa shape index (κ1) is 32.8. The molecule has 0 spiro atoms. The van der Waals surface area contributed by atoms with Crippen LogP contribution in [0.2, 0.25) is 0 Å². The molecule has 2 aromatic carbocycles. The molecule has 244 valence electrons. The van der Waals surface area contributed by atoms with E-state index in [2.05, 4.69) is 43.0 Å². The van der Waals surface area contributed by atoms with Crippen molar-refractivity contribution in [2.45, 2.75) is 96.4 Å². The molecule has 1 N–H and O–H groups in total. The summed E-state index contributed by atoms with van der Waals surface area (Å²) in [6, 6.07) is 16.5. The van der Waals surface area contributed by atoms with Gasteiger partial charge in [0, 0.05) is 44.2 Å². The number of carbonyl (C=O) groups is 3. The Morgan fingerprint density at radius 2 is 1.40 bits per heavy atom. The molecule has 2 amide bonds. The number of carbonyl (C=O) groups excluding carboxylic acids is 2. The number of carboxylic acids is 1. The van der Waals surface area contributed by atoms with Gasteiger partial charge < -0.3 is 24.4 Å². The van der Waals surface area contributed by atoms with Crippen molar-refractivity contribution in [3.8, 4) is 11.1 Å². The van der Waals surface area contributed by atoms with Gasteiger partial charge in [-0.2, -0.15) is 0 Å². The van der Waals surface area contributed by atoms with Gasteiger partial charge in [0.2, 0.25) is 0 Å². The van der Waals surface area contributed by atoms with E-state index in [4.69, 9.17) is 9.47 Å². The summed E-state index contributed by atoms with van der Waals surface area (Å²) in [7, 11) is 0. The molecule has 45 heavy (non-hydrogen) atoms. The minimum Gasteiger partial charge on any atom is -0.479 e. The zero-order valence-electron chi connectivity index (χ0n) is 27.6. The van der Waals surface area contributed by atoms with Crippen LogP contribution in [0.5, 0.6) is 0 Å². The summed E-state index contributed by atoms with van der Waals surface area (Å²) in [5, 5.41) is 10.9. The second-order valence-electron chi connectivity index (χ2n) is 14.2. The van der Waals surface area contributed by atoms with Crippen molar-refractivity contribution in [2.24, 2.45) is 5.92 Å². The molecule has 2 heterocycles. The highest BCUT2D eigenvalue weighted by Gasteiger charge is 2.53. The van der Waals surface area contributed by atoms with Crippen molar-refractivity contribution in [3.05, 3.63) is 59.7 Å². The fourth-order valence-electron chi connectivity index (χ4n) is 7.47. The molecule has 0 bridgehead atoms. The van der Waals surface area contributed by atoms with Crippen LogP contribution in [-0.2, 0) is 14.3 Å². The van der Waals surface area contributed by atoms with Gasteiger partial charge in [-0.1, -0.05) is 48.5 Å². The van der Waals surface area contributed by atoms with Gasteiger partial charge in [-0.3, -0.25) is 4.90 Å². The van der Waals surface area contributed by atoms with Gasteiger partial charge in [-0.25, -0.2) is 14.4 Å². The number of amides is 2. The lowest BCUT2D eigenvalue weighted by Crippen LogP contribution is -2.65. The first-order valence-corrected chi connectivity index (χ1v) is 16.4. The van der Waals surface area contributed by atoms with Gasteiger partial charge in [-0.05, 0) is 95.4 Å². The van der Waals surface area contributed by atoms with E-state index in [-0.39, 0.29) is 24.5 Å². The number of fused-ring (bicyclic) bond motifs is 3. The summed E-state index contributed by atoms with van der Waals surface area (Å²) in [5.41, 5.74) is 2.37. The van der Waals surface area contributed by atoms with Crippen LogP contribution in [0.1, 0.15) is 84.3 Å². The minimum absolute atomic E-state index is 0.126. The zero-order chi connectivity index (χ0) is 32.5. The van der Waals surface area contributed by atoms with E-state index in [1.807, 2.05) is 45.0 Å². The molecular weight excluding hydrogens is 570 g/mol. The van der Waals surface area contributed by atoms with Gasteiger partial charge in [0.25, 0.3) is 0 Å². The van der Waals surface area contributed by atoms with E-state index in [1.54, 1.807) is 16.7 Å². The second-order valence-corrected chi connectivity index (χ2v) is 14.2. The topological polar surface area (TPSA) is 99.6 Å². The van der Waals surface area contributed by atoms with Crippen LogP contribution in [0.3, 0.4) is 0 Å². The Hall–Kier alpha value is -3.59. The quantitative estimate of drug-likeness (QED) is 0.373. The van der Waals surface area contributed by atoms with E-state index in [1.165, 1.54) is 0 Å². The monoisotopic (exact) mass is 619 g/mol. The van der Waals surface area contributed by atoms with Crippen molar-refractivity contribution in [3.63, 3.8) is 0 Å². The SMILES string of the molecule is CC(C)N1CCC(N(C(=O)OCC2c3ccccc3-c3ccccc32)C(C)(C(=O)O)C2CCN(C(=O)OC(C)(C)C)CC2)CC1. The van der Waals surface area contributed by atoms with Crippen LogP contribution in [0.4, 0.5) is 9.59 Å².